The van der Waals surface area contributed by atoms with Gasteiger partial charge < -0.3 is 10.5 Å². The molecule has 6 heteroatoms. The summed E-state index contributed by atoms with van der Waals surface area (Å²) in [7, 11) is 0. The van der Waals surface area contributed by atoms with Crippen molar-refractivity contribution in [2.45, 2.75) is 19.4 Å². The SMILES string of the molecule is Nc1ncc(Br)nc1OCc1ccnc(C#CC2CC2)c1. The second kappa shape index (κ2) is 6.10. The maximum Gasteiger partial charge on any atom is 0.258 e. The van der Waals surface area contributed by atoms with Crippen LogP contribution in [-0.2, 0) is 6.61 Å². The Bertz CT molecular complexity index is 719. The topological polar surface area (TPSA) is 73.9 Å². The number of anilines is 1. The number of hydrogen-bond acceptors (Lipinski definition) is 5. The van der Waals surface area contributed by atoms with Crippen molar-refractivity contribution in [1.29, 1.82) is 0 Å². The van der Waals surface area contributed by atoms with Crippen LogP contribution < -0.4 is 10.5 Å². The quantitative estimate of drug-likeness (QED) is 0.866. The lowest BCUT2D eigenvalue weighted by atomic mass is 10.2. The average Bonchev–Trinajstić information content (AvgIpc) is 3.31. The molecule has 2 aromatic rings. The summed E-state index contributed by atoms with van der Waals surface area (Å²) in [6.07, 6.45) is 5.67. The number of nitrogens with zero attached hydrogens (tertiary/aromatic N) is 3. The molecule has 106 valence electrons. The normalized spacial score (nSPS) is 13.4. The Kier molecular flexibility index (Phi) is 4.02. The largest absolute Gasteiger partial charge is 0.470 e. The van der Waals surface area contributed by atoms with E-state index < -0.39 is 0 Å². The van der Waals surface area contributed by atoms with Crippen LogP contribution in [0, 0.1) is 17.8 Å². The van der Waals surface area contributed by atoms with Gasteiger partial charge in [-0.15, -0.1) is 0 Å². The van der Waals surface area contributed by atoms with Gasteiger partial charge >= 0.3 is 0 Å². The van der Waals surface area contributed by atoms with Crippen LogP contribution in [0.5, 0.6) is 5.88 Å². The first-order valence-corrected chi connectivity index (χ1v) is 7.37. The van der Waals surface area contributed by atoms with Crippen LogP contribution in [0.1, 0.15) is 24.1 Å². The Morgan fingerprint density at radius 2 is 2.24 bits per heavy atom. The fourth-order valence-electron chi connectivity index (χ4n) is 1.66. The highest BCUT2D eigenvalue weighted by Crippen LogP contribution is 2.27. The van der Waals surface area contributed by atoms with E-state index in [1.165, 1.54) is 19.0 Å². The molecule has 1 fully saturated rings. The second-order valence-corrected chi connectivity index (χ2v) is 5.58. The number of nitrogens with two attached hydrogens (primary N) is 1. The zero-order chi connectivity index (χ0) is 14.7. The lowest BCUT2D eigenvalue weighted by Crippen LogP contribution is -2.03. The standard InChI is InChI=1S/C15H13BrN4O/c16-13-8-19-14(17)15(20-13)21-9-11-5-6-18-12(7-11)4-3-10-1-2-10/h5-8,10H,1-2,9H2,(H2,17,19). The molecule has 2 N–H and O–H groups in total. The Morgan fingerprint density at radius 3 is 3.05 bits per heavy atom. The van der Waals surface area contributed by atoms with Gasteiger partial charge in [-0.05, 0) is 52.4 Å². The summed E-state index contributed by atoms with van der Waals surface area (Å²) in [6, 6.07) is 3.79. The predicted octanol–water partition coefficient (Wildman–Crippen LogP) is 2.56. The van der Waals surface area contributed by atoms with Crippen molar-refractivity contribution in [3.05, 3.63) is 40.4 Å². The highest BCUT2D eigenvalue weighted by molar-refractivity contribution is 9.10. The smallest absolute Gasteiger partial charge is 0.258 e. The van der Waals surface area contributed by atoms with E-state index in [9.17, 15) is 0 Å². The molecule has 0 radical (unpaired) electrons. The van der Waals surface area contributed by atoms with Crippen LogP contribution >= 0.6 is 15.9 Å². The number of pyridine rings is 1. The molecule has 2 aromatic heterocycles. The lowest BCUT2D eigenvalue weighted by Gasteiger charge is -2.07. The summed E-state index contributed by atoms with van der Waals surface area (Å²) in [6.45, 7) is 0.343. The van der Waals surface area contributed by atoms with Crippen molar-refractivity contribution in [3.8, 4) is 17.7 Å². The van der Waals surface area contributed by atoms with E-state index in [0.29, 0.717) is 23.0 Å². The zero-order valence-corrected chi connectivity index (χ0v) is 12.8. The van der Waals surface area contributed by atoms with Gasteiger partial charge in [0, 0.05) is 12.1 Å². The lowest BCUT2D eigenvalue weighted by molar-refractivity contribution is 0.294. The summed E-state index contributed by atoms with van der Waals surface area (Å²) in [4.78, 5) is 12.4. The second-order valence-electron chi connectivity index (χ2n) is 4.76. The summed E-state index contributed by atoms with van der Waals surface area (Å²) < 4.78 is 6.17. The Labute approximate surface area is 131 Å². The number of hydrogen-bond donors (Lipinski definition) is 1. The summed E-state index contributed by atoms with van der Waals surface area (Å²) in [5.74, 6) is 7.41. The molecule has 0 amide bonds. The number of rotatable bonds is 3. The maximum absolute atomic E-state index is 5.72. The van der Waals surface area contributed by atoms with Gasteiger partial charge in [0.2, 0.25) is 0 Å². The molecule has 0 unspecified atom stereocenters. The number of halogens is 1. The van der Waals surface area contributed by atoms with Crippen LogP contribution in [0.3, 0.4) is 0 Å². The van der Waals surface area contributed by atoms with Crippen LogP contribution in [0.25, 0.3) is 0 Å². The molecular weight excluding hydrogens is 332 g/mol. The molecule has 2 heterocycles. The van der Waals surface area contributed by atoms with E-state index in [2.05, 4.69) is 42.7 Å². The van der Waals surface area contributed by atoms with Crippen molar-refractivity contribution in [1.82, 2.24) is 15.0 Å². The molecule has 1 saturated carbocycles. The van der Waals surface area contributed by atoms with Crippen molar-refractivity contribution in [2.24, 2.45) is 5.92 Å². The van der Waals surface area contributed by atoms with Gasteiger partial charge in [0.1, 0.15) is 16.9 Å². The first-order chi connectivity index (χ1) is 10.2. The Morgan fingerprint density at radius 1 is 1.38 bits per heavy atom. The minimum absolute atomic E-state index is 0.265. The van der Waals surface area contributed by atoms with Gasteiger partial charge in [-0.1, -0.05) is 5.92 Å². The molecule has 3 rings (SSSR count). The third-order valence-corrected chi connectivity index (χ3v) is 3.30. The van der Waals surface area contributed by atoms with E-state index in [1.807, 2.05) is 12.1 Å². The predicted molar refractivity (Wildman–Crippen MR) is 82.3 cm³/mol. The van der Waals surface area contributed by atoms with Crippen molar-refractivity contribution >= 4 is 21.7 Å². The van der Waals surface area contributed by atoms with Crippen LogP contribution in [0.2, 0.25) is 0 Å². The third-order valence-electron chi connectivity index (χ3n) is 2.92. The molecule has 1 aliphatic rings. The highest BCUT2D eigenvalue weighted by Gasteiger charge is 2.17. The van der Waals surface area contributed by atoms with Gasteiger partial charge in [-0.25, -0.2) is 15.0 Å². The van der Waals surface area contributed by atoms with Gasteiger partial charge in [-0.2, -0.15) is 0 Å². The molecule has 0 spiro atoms. The molecule has 0 aromatic carbocycles. The van der Waals surface area contributed by atoms with Crippen LogP contribution in [0.4, 0.5) is 5.82 Å². The Balaban J connectivity index is 1.69. The molecule has 5 nitrogen and oxygen atoms in total. The van der Waals surface area contributed by atoms with Crippen molar-refractivity contribution < 1.29 is 4.74 Å². The van der Waals surface area contributed by atoms with E-state index in [1.54, 1.807) is 6.20 Å². The first kappa shape index (κ1) is 13.8. The number of ether oxygens (including phenoxy) is 1. The van der Waals surface area contributed by atoms with Gasteiger partial charge in [-0.3, -0.25) is 0 Å². The van der Waals surface area contributed by atoms with Crippen molar-refractivity contribution in [3.63, 3.8) is 0 Å². The minimum Gasteiger partial charge on any atom is -0.470 e. The van der Waals surface area contributed by atoms with Crippen molar-refractivity contribution in [2.75, 3.05) is 5.73 Å². The molecule has 21 heavy (non-hydrogen) atoms. The number of nitrogen functional groups attached to an aromatic ring is 1. The molecule has 0 saturated heterocycles. The molecule has 0 atom stereocenters. The van der Waals surface area contributed by atoms with Gasteiger partial charge in [0.25, 0.3) is 5.88 Å². The third kappa shape index (κ3) is 3.92. The molecule has 1 aliphatic carbocycles. The van der Waals surface area contributed by atoms with E-state index in [4.69, 9.17) is 10.5 Å². The molecule has 0 bridgehead atoms. The van der Waals surface area contributed by atoms with E-state index in [0.717, 1.165) is 11.3 Å². The summed E-state index contributed by atoms with van der Waals surface area (Å²) in [5.41, 5.74) is 7.44. The van der Waals surface area contributed by atoms with Crippen LogP contribution in [0.15, 0.2) is 29.1 Å². The fourth-order valence-corrected chi connectivity index (χ4v) is 1.92. The molecular formula is C15H13BrN4O. The maximum atomic E-state index is 5.72. The zero-order valence-electron chi connectivity index (χ0n) is 11.2. The van der Waals surface area contributed by atoms with E-state index >= 15 is 0 Å². The number of aromatic nitrogens is 3. The summed E-state index contributed by atoms with van der Waals surface area (Å²) in [5, 5.41) is 0. The summed E-state index contributed by atoms with van der Waals surface area (Å²) >= 11 is 3.24. The Hall–Kier alpha value is -2.13. The van der Waals surface area contributed by atoms with Crippen LogP contribution in [-0.4, -0.2) is 15.0 Å². The van der Waals surface area contributed by atoms with Gasteiger partial charge in [0.15, 0.2) is 5.82 Å². The fraction of sp³-hybridized carbons (Fsp3) is 0.267. The monoisotopic (exact) mass is 344 g/mol. The highest BCUT2D eigenvalue weighted by atomic mass is 79.9. The first-order valence-electron chi connectivity index (χ1n) is 6.58. The minimum atomic E-state index is 0.265. The van der Waals surface area contributed by atoms with Gasteiger partial charge in [0.05, 0.1) is 6.20 Å². The average molecular weight is 345 g/mol. The molecule has 0 aliphatic heterocycles. The van der Waals surface area contributed by atoms with E-state index in [-0.39, 0.29) is 5.82 Å².